The molecule has 4 fully saturated rings. The van der Waals surface area contributed by atoms with Gasteiger partial charge in [0.05, 0.1) is 48.5 Å². The summed E-state index contributed by atoms with van der Waals surface area (Å²) in [4.78, 5) is 15.8. The van der Waals surface area contributed by atoms with Crippen molar-refractivity contribution in [3.05, 3.63) is 283 Å². The largest absolute Gasteiger partial charge is 0.455 e. The fourth-order valence-electron chi connectivity index (χ4n) is 22.3. The summed E-state index contributed by atoms with van der Waals surface area (Å²) in [5, 5.41) is 8.86. The average Bonchev–Trinajstić information content (AvgIpc) is 1.58. The lowest BCUT2D eigenvalue weighted by atomic mass is 9.78. The van der Waals surface area contributed by atoms with Gasteiger partial charge in [-0.05, 0) is 249 Å². The first-order valence-corrected chi connectivity index (χ1v) is 46.5. The van der Waals surface area contributed by atoms with Crippen molar-refractivity contribution in [1.82, 2.24) is 0 Å². The van der Waals surface area contributed by atoms with Gasteiger partial charge in [-0.2, -0.15) is 0 Å². The minimum atomic E-state index is 0.293. The predicted molar refractivity (Wildman–Crippen MR) is 516 cm³/mol. The monoisotopic (exact) mass is 1660 g/mol. The van der Waals surface area contributed by atoms with Crippen LogP contribution in [-0.4, -0.2) is 0 Å². The molecule has 0 unspecified atom stereocenters. The van der Waals surface area contributed by atoms with E-state index in [1.165, 1.54) is 195 Å². The van der Waals surface area contributed by atoms with Crippen LogP contribution in [0.1, 0.15) is 278 Å². The fraction of sp³-hybridized carbons (Fsp3) is 0.368. The Kier molecular flexibility index (Phi) is 24.6. The number of hydrogen-bond donors (Lipinski definition) is 0. The molecule has 4 saturated carbocycles. The van der Waals surface area contributed by atoms with Crippen molar-refractivity contribution < 1.29 is 35.9 Å². The van der Waals surface area contributed by atoms with E-state index in [0.29, 0.717) is 41.4 Å². The summed E-state index contributed by atoms with van der Waals surface area (Å²) in [6.45, 7) is 55.7. The Morgan fingerprint density at radius 1 is 0.302 bits per heavy atom. The Morgan fingerprint density at radius 3 is 1.00 bits per heavy atom. The van der Waals surface area contributed by atoms with Crippen LogP contribution in [0, 0.1) is 60.9 Å². The smallest absolute Gasteiger partial charge is 0.216 e. The quantitative estimate of drug-likeness (QED) is 0.0954. The maximum Gasteiger partial charge on any atom is 0.216 e. The molecule has 8 aromatic carbocycles. The van der Waals surface area contributed by atoms with Crippen molar-refractivity contribution in [3.8, 4) is 45.0 Å². The van der Waals surface area contributed by atoms with Gasteiger partial charge in [0, 0.05) is 91.6 Å². The highest BCUT2D eigenvalue weighted by Gasteiger charge is 2.35. The molecule has 0 radical (unpaired) electrons. The van der Waals surface area contributed by atoms with E-state index in [2.05, 4.69) is 306 Å². The molecule has 8 aromatic heterocycles. The Balaban J connectivity index is 0.000000119. The maximum absolute atomic E-state index is 7.96. The van der Waals surface area contributed by atoms with E-state index in [9.17, 15) is 0 Å². The van der Waals surface area contributed by atoms with Gasteiger partial charge in [-0.15, -0.1) is 0 Å². The summed E-state index contributed by atoms with van der Waals surface area (Å²) in [5.74, 6) is 2.86. The van der Waals surface area contributed by atoms with E-state index < -0.39 is 0 Å². The molecule has 126 heavy (non-hydrogen) atoms. The first-order chi connectivity index (χ1) is 61.1. The average molecular weight is 1670 g/mol. The highest BCUT2D eigenvalue weighted by atomic mass is 16.3. The number of hydrogen-bond acceptors (Lipinski definition) is 4. The number of pyridine rings is 4. The SMILES string of the molecule is [C-]#[N+]c1cc(C2CCCCC2)c2oc3c(-c4cccc[n+]4C)c(C)cc(C(C)C)c3c2c1.[C-]#[N+]c1cc2c(oc3c(-c4cccc[n+]4C)c(C)ccc32)c(C)c1C1CCCCC1.[C-]#[N+]c1cc2c(oc3c(-c4cccc[n+]4C)c(C)ccc32)c(C2CCCCC2)c1C(C)C.[C-]#[N+]c1cc2c(oc3c(-c4cccc[n+]4C)c(C)ccc32)c(C2CCCCC2)c1C(C)C. The fourth-order valence-corrected chi connectivity index (χ4v) is 22.3. The third-order valence-electron chi connectivity index (χ3n) is 28.5. The molecule has 4 aliphatic carbocycles. The topological polar surface area (TPSA) is 85.5 Å². The van der Waals surface area contributed by atoms with Crippen molar-refractivity contribution >= 4 is 111 Å². The first-order valence-electron chi connectivity index (χ1n) is 46.5. The van der Waals surface area contributed by atoms with Crippen molar-refractivity contribution in [2.45, 2.75) is 246 Å². The number of aryl methyl sites for hydroxylation is 9. The Hall–Kier alpha value is -12.5. The van der Waals surface area contributed by atoms with E-state index >= 15 is 0 Å². The van der Waals surface area contributed by atoms with Gasteiger partial charge >= 0.3 is 0 Å². The van der Waals surface area contributed by atoms with Crippen LogP contribution in [-0.2, 0) is 28.2 Å². The first kappa shape index (κ1) is 85.7. The van der Waals surface area contributed by atoms with Gasteiger partial charge in [0.15, 0.2) is 47.5 Å². The van der Waals surface area contributed by atoms with Gasteiger partial charge in [-0.1, -0.05) is 161 Å². The maximum atomic E-state index is 7.96. The summed E-state index contributed by atoms with van der Waals surface area (Å²) in [7, 11) is 8.32. The summed E-state index contributed by atoms with van der Waals surface area (Å²) >= 11 is 0. The summed E-state index contributed by atoms with van der Waals surface area (Å²) < 4.78 is 35.7. The molecule has 0 amide bonds. The highest BCUT2D eigenvalue weighted by molar-refractivity contribution is 6.16. The van der Waals surface area contributed by atoms with Gasteiger partial charge in [-0.3, -0.25) is 0 Å². The van der Waals surface area contributed by atoms with E-state index in [1.807, 2.05) is 6.07 Å². The van der Waals surface area contributed by atoms with Crippen LogP contribution >= 0.6 is 0 Å². The Labute approximate surface area is 743 Å². The molecule has 12 nitrogen and oxygen atoms in total. The molecule has 16 aromatic rings. The lowest BCUT2D eigenvalue weighted by Gasteiger charge is -2.26. The van der Waals surface area contributed by atoms with E-state index in [0.717, 1.165) is 156 Å². The third kappa shape index (κ3) is 15.7. The van der Waals surface area contributed by atoms with Gasteiger partial charge < -0.3 is 17.7 Å². The lowest BCUT2D eigenvalue weighted by molar-refractivity contribution is -0.660. The standard InChI is InChI=1S/3C29H31N2O.C27H27N2O/c2*1-18(2)25-23(30-4)17-22-21-15-14-19(3)26(24-13-9-10-16-31(24)5)28(21)32-29(22)27(25)20-11-7-6-8-12-20;1-18(2)22-15-19(3)26(25-13-9-10-14-31(25)5)29-27(22)24-17-21(30-4)16-23(28(24)32-29)20-11-7-6-8-12-20;1-17-13-14-20-21-16-22(28-3)25(19-10-6-5-7-11-19)18(2)26(21)30-27(20)24(17)23-12-8-9-15-29(23)4/h3*9-10,13-18,20H,6-8,11-12H2,1-3,5H3;8-9,12-16,19H,5-7,10-11H2,1-2,4H3/q4*+1. The predicted octanol–water partition coefficient (Wildman–Crippen LogP) is 31.6. The zero-order chi connectivity index (χ0) is 88.0. The summed E-state index contributed by atoms with van der Waals surface area (Å²) in [5.41, 5.74) is 34.7. The number of benzene rings is 8. The van der Waals surface area contributed by atoms with Crippen LogP contribution in [0.2, 0.25) is 0 Å². The second kappa shape index (κ2) is 36.2. The van der Waals surface area contributed by atoms with Crippen molar-refractivity contribution in [3.63, 3.8) is 0 Å². The molecule has 4 aliphatic rings. The van der Waals surface area contributed by atoms with Crippen LogP contribution in [0.25, 0.3) is 152 Å². The normalized spacial score (nSPS) is 15.0. The van der Waals surface area contributed by atoms with Crippen molar-refractivity contribution in [2.24, 2.45) is 28.2 Å². The zero-order valence-electron chi connectivity index (χ0n) is 76.6. The number of rotatable bonds is 11. The molecule has 0 saturated heterocycles. The minimum absolute atomic E-state index is 0.293. The molecule has 636 valence electrons. The van der Waals surface area contributed by atoms with Crippen molar-refractivity contribution in [1.29, 1.82) is 0 Å². The van der Waals surface area contributed by atoms with Crippen molar-refractivity contribution in [2.75, 3.05) is 0 Å². The van der Waals surface area contributed by atoms with E-state index in [4.69, 9.17) is 44.0 Å². The van der Waals surface area contributed by atoms with E-state index in [1.54, 1.807) is 0 Å². The summed E-state index contributed by atoms with van der Waals surface area (Å²) in [6, 6.07) is 50.9. The molecular formula is C114H120N8O4+4. The van der Waals surface area contributed by atoms with Crippen LogP contribution in [0.4, 0.5) is 22.7 Å². The zero-order valence-corrected chi connectivity index (χ0v) is 76.6. The molecule has 8 heterocycles. The van der Waals surface area contributed by atoms with Crippen LogP contribution in [0.15, 0.2) is 188 Å². The second-order valence-corrected chi connectivity index (χ2v) is 37.6. The summed E-state index contributed by atoms with van der Waals surface area (Å²) in [6.07, 6.45) is 33.1. The van der Waals surface area contributed by atoms with Gasteiger partial charge in [0.25, 0.3) is 0 Å². The minimum Gasteiger partial charge on any atom is -0.455 e. The molecule has 0 aliphatic heterocycles. The molecule has 0 atom stereocenters. The molecule has 20 rings (SSSR count). The Morgan fingerprint density at radius 2 is 0.643 bits per heavy atom. The van der Waals surface area contributed by atoms with Crippen LogP contribution < -0.4 is 18.3 Å². The molecule has 0 N–H and O–H groups in total. The molecule has 12 heteroatoms. The number of aromatic nitrogens is 4. The van der Waals surface area contributed by atoms with Gasteiger partial charge in [0.1, 0.15) is 72.9 Å². The highest BCUT2D eigenvalue weighted by Crippen LogP contribution is 2.54. The molecular weight excluding hydrogens is 1550 g/mol. The molecule has 0 spiro atoms. The van der Waals surface area contributed by atoms with Crippen LogP contribution in [0.3, 0.4) is 0 Å². The van der Waals surface area contributed by atoms with E-state index in [-0.39, 0.29) is 0 Å². The number of fused-ring (bicyclic) bond motifs is 12. The number of furan rings is 4. The Bertz CT molecular complexity index is 6890. The third-order valence-corrected chi connectivity index (χ3v) is 28.5. The van der Waals surface area contributed by atoms with Gasteiger partial charge in [0.2, 0.25) is 22.8 Å². The number of nitrogens with zero attached hydrogens (tertiary/aromatic N) is 8. The second-order valence-electron chi connectivity index (χ2n) is 37.6. The molecule has 0 bridgehead atoms. The lowest BCUT2D eigenvalue weighted by Crippen LogP contribution is -2.30. The van der Waals surface area contributed by atoms with Gasteiger partial charge in [-0.25, -0.2) is 37.6 Å². The van der Waals surface area contributed by atoms with Crippen LogP contribution in [0.5, 0.6) is 0 Å².